The van der Waals surface area contributed by atoms with Crippen LogP contribution < -0.4 is 5.32 Å². The topological polar surface area (TPSA) is 52.9 Å². The normalized spacial score (nSPS) is 13.5. The predicted molar refractivity (Wildman–Crippen MR) is 110 cm³/mol. The van der Waals surface area contributed by atoms with Crippen LogP contribution >= 0.6 is 34.7 Å². The number of hydrogen-bond acceptors (Lipinski definition) is 4. The van der Waals surface area contributed by atoms with Gasteiger partial charge in [-0.05, 0) is 67.7 Å². The molecule has 3 nitrogen and oxygen atoms in total. The lowest BCUT2D eigenvalue weighted by Gasteiger charge is -2.05. The Bertz CT molecular complexity index is 808. The molecule has 0 spiro atoms. The smallest absolute Gasteiger partial charge is 0.225 e. The largest absolute Gasteiger partial charge is 0.317 e. The molecule has 1 amide bonds. The van der Waals surface area contributed by atoms with Crippen LogP contribution in [0.15, 0.2) is 29.2 Å². The van der Waals surface area contributed by atoms with Crippen molar-refractivity contribution < 1.29 is 4.79 Å². The molecule has 1 N–H and O–H groups in total. The summed E-state index contributed by atoms with van der Waals surface area (Å²) in [6, 6.07) is 10.0. The van der Waals surface area contributed by atoms with Gasteiger partial charge >= 0.3 is 0 Å². The molecule has 0 saturated heterocycles. The first-order chi connectivity index (χ1) is 12.7. The van der Waals surface area contributed by atoms with E-state index in [0.29, 0.717) is 12.0 Å². The number of carbonyl (C=O) groups excluding carboxylic acids is 1. The lowest BCUT2D eigenvalue weighted by Crippen LogP contribution is -2.11. The first kappa shape index (κ1) is 19.3. The second-order valence-corrected chi connectivity index (χ2v) is 9.04. The number of nitriles is 1. The Morgan fingerprint density at radius 2 is 2.00 bits per heavy atom. The Hall–Kier alpha value is -1.48. The van der Waals surface area contributed by atoms with E-state index in [4.69, 9.17) is 11.6 Å². The van der Waals surface area contributed by atoms with Crippen molar-refractivity contribution in [2.45, 2.75) is 49.8 Å². The summed E-state index contributed by atoms with van der Waals surface area (Å²) in [4.78, 5) is 14.7. The molecule has 1 aromatic heterocycles. The molecule has 136 valence electrons. The van der Waals surface area contributed by atoms with Gasteiger partial charge in [-0.2, -0.15) is 5.26 Å². The van der Waals surface area contributed by atoms with Crippen LogP contribution in [0.5, 0.6) is 0 Å². The second kappa shape index (κ2) is 9.45. The van der Waals surface area contributed by atoms with Crippen LogP contribution in [-0.4, -0.2) is 11.7 Å². The summed E-state index contributed by atoms with van der Waals surface area (Å²) in [5, 5.41) is 14.0. The molecule has 0 radical (unpaired) electrons. The van der Waals surface area contributed by atoms with Crippen molar-refractivity contribution in [3.05, 3.63) is 45.3 Å². The third-order valence-electron chi connectivity index (χ3n) is 4.42. The van der Waals surface area contributed by atoms with Crippen LogP contribution in [0.25, 0.3) is 0 Å². The Morgan fingerprint density at radius 1 is 1.23 bits per heavy atom. The van der Waals surface area contributed by atoms with Crippen molar-refractivity contribution in [1.29, 1.82) is 5.26 Å². The van der Waals surface area contributed by atoms with E-state index in [1.807, 2.05) is 24.3 Å². The van der Waals surface area contributed by atoms with Crippen molar-refractivity contribution in [3.63, 3.8) is 0 Å². The van der Waals surface area contributed by atoms with Crippen molar-refractivity contribution in [1.82, 2.24) is 0 Å². The van der Waals surface area contributed by atoms with Gasteiger partial charge in [0.1, 0.15) is 11.1 Å². The van der Waals surface area contributed by atoms with Gasteiger partial charge in [-0.1, -0.05) is 18.0 Å². The summed E-state index contributed by atoms with van der Waals surface area (Å²) in [7, 11) is 0. The lowest BCUT2D eigenvalue weighted by atomic mass is 10.1. The average Bonchev–Trinajstić information content (AvgIpc) is 2.79. The maximum Gasteiger partial charge on any atom is 0.225 e. The monoisotopic (exact) mass is 404 g/mol. The minimum atomic E-state index is -0.00499. The van der Waals surface area contributed by atoms with E-state index in [-0.39, 0.29) is 5.91 Å². The van der Waals surface area contributed by atoms with Crippen LogP contribution in [0, 0.1) is 11.3 Å². The molecule has 0 saturated carbocycles. The summed E-state index contributed by atoms with van der Waals surface area (Å²) in [5.41, 5.74) is 1.86. The Labute approximate surface area is 167 Å². The van der Waals surface area contributed by atoms with Gasteiger partial charge in [-0.25, -0.2) is 0 Å². The molecule has 1 heterocycles. The van der Waals surface area contributed by atoms with E-state index in [1.54, 1.807) is 23.1 Å². The first-order valence-corrected chi connectivity index (χ1v) is 11.1. The van der Waals surface area contributed by atoms with Crippen molar-refractivity contribution in [2.75, 3.05) is 11.1 Å². The van der Waals surface area contributed by atoms with Crippen LogP contribution in [-0.2, 0) is 17.6 Å². The molecule has 0 bridgehead atoms. The minimum Gasteiger partial charge on any atom is -0.317 e. The van der Waals surface area contributed by atoms with Crippen molar-refractivity contribution >= 4 is 45.6 Å². The minimum absolute atomic E-state index is 0.00499. The molecule has 26 heavy (non-hydrogen) atoms. The zero-order chi connectivity index (χ0) is 18.4. The number of nitrogens with one attached hydrogen (secondary N) is 1. The zero-order valence-corrected chi connectivity index (χ0v) is 16.9. The number of nitrogens with zero attached hydrogens (tertiary/aromatic N) is 1. The summed E-state index contributed by atoms with van der Waals surface area (Å²) in [6.45, 7) is 0. The lowest BCUT2D eigenvalue weighted by molar-refractivity contribution is -0.116. The number of amides is 1. The highest BCUT2D eigenvalue weighted by Gasteiger charge is 2.20. The molecule has 6 heteroatoms. The van der Waals surface area contributed by atoms with Gasteiger partial charge in [-0.15, -0.1) is 23.1 Å². The molecule has 0 fully saturated rings. The maximum absolute atomic E-state index is 12.3. The number of aryl methyl sites for hydroxylation is 1. The first-order valence-electron chi connectivity index (χ1n) is 8.90. The summed E-state index contributed by atoms with van der Waals surface area (Å²) in [5.74, 6) is 0.871. The highest BCUT2D eigenvalue weighted by atomic mass is 35.5. The fourth-order valence-corrected chi connectivity index (χ4v) is 5.33. The maximum atomic E-state index is 12.3. The van der Waals surface area contributed by atoms with Gasteiger partial charge in [-0.3, -0.25) is 4.79 Å². The number of halogens is 1. The highest BCUT2D eigenvalue weighted by molar-refractivity contribution is 7.99. The van der Waals surface area contributed by atoms with Gasteiger partial charge in [0.25, 0.3) is 0 Å². The number of thiophene rings is 1. The van der Waals surface area contributed by atoms with Crippen molar-refractivity contribution in [2.24, 2.45) is 0 Å². The summed E-state index contributed by atoms with van der Waals surface area (Å²) in [6.07, 6.45) is 6.78. The molecule has 0 atom stereocenters. The van der Waals surface area contributed by atoms with Crippen LogP contribution in [0.1, 0.15) is 48.1 Å². The van der Waals surface area contributed by atoms with E-state index < -0.39 is 0 Å². The third kappa shape index (κ3) is 5.03. The zero-order valence-electron chi connectivity index (χ0n) is 14.5. The average molecular weight is 405 g/mol. The Kier molecular flexibility index (Phi) is 7.01. The number of benzene rings is 1. The van der Waals surface area contributed by atoms with Crippen LogP contribution in [0.3, 0.4) is 0 Å². The molecular weight excluding hydrogens is 384 g/mol. The second-order valence-electron chi connectivity index (χ2n) is 6.33. The van der Waals surface area contributed by atoms with E-state index in [2.05, 4.69) is 11.4 Å². The Morgan fingerprint density at radius 3 is 2.77 bits per heavy atom. The molecule has 1 aliphatic rings. The number of thioether (sulfide) groups is 1. The fourth-order valence-electron chi connectivity index (χ4n) is 3.09. The van der Waals surface area contributed by atoms with E-state index in [9.17, 15) is 10.1 Å². The molecule has 3 rings (SSSR count). The third-order valence-corrected chi connectivity index (χ3v) is 6.97. The van der Waals surface area contributed by atoms with Gasteiger partial charge in [0.05, 0.1) is 5.56 Å². The number of rotatable bonds is 6. The van der Waals surface area contributed by atoms with E-state index >= 15 is 0 Å². The van der Waals surface area contributed by atoms with Crippen LogP contribution in [0.4, 0.5) is 5.00 Å². The summed E-state index contributed by atoms with van der Waals surface area (Å²) < 4.78 is 0. The fraction of sp³-hybridized carbons (Fsp3) is 0.400. The predicted octanol–water partition coefficient (Wildman–Crippen LogP) is 6.05. The standard InChI is InChI=1S/C20H21ClN2OS2/c21-14-8-10-15(11-9-14)25-12-4-7-19(24)23-20-17(13-22)16-5-2-1-3-6-18(16)26-20/h8-11H,1-7,12H2,(H,23,24). The van der Waals surface area contributed by atoms with Gasteiger partial charge in [0.15, 0.2) is 0 Å². The number of fused-ring (bicyclic) bond motifs is 1. The van der Waals surface area contributed by atoms with E-state index in [0.717, 1.165) is 46.4 Å². The number of carbonyl (C=O) groups is 1. The molecule has 0 aliphatic heterocycles. The van der Waals surface area contributed by atoms with Gasteiger partial charge in [0.2, 0.25) is 5.91 Å². The van der Waals surface area contributed by atoms with Crippen molar-refractivity contribution in [3.8, 4) is 6.07 Å². The van der Waals surface area contributed by atoms with Gasteiger partial charge in [0, 0.05) is 21.2 Å². The molecular formula is C20H21ClN2OS2. The molecule has 0 unspecified atom stereocenters. The quantitative estimate of drug-likeness (QED) is 0.362. The Balaban J connectivity index is 1.50. The molecule has 1 aliphatic carbocycles. The summed E-state index contributed by atoms with van der Waals surface area (Å²) >= 11 is 9.19. The molecule has 2 aromatic rings. The van der Waals surface area contributed by atoms with E-state index in [1.165, 1.54) is 23.3 Å². The number of anilines is 1. The highest BCUT2D eigenvalue weighted by Crippen LogP contribution is 2.37. The molecule has 1 aromatic carbocycles. The van der Waals surface area contributed by atoms with Crippen LogP contribution in [0.2, 0.25) is 5.02 Å². The number of hydrogen-bond donors (Lipinski definition) is 1. The van der Waals surface area contributed by atoms with Gasteiger partial charge < -0.3 is 5.32 Å². The SMILES string of the molecule is N#Cc1c(NC(=O)CCCSc2ccc(Cl)cc2)sc2c1CCCCC2.